The Morgan fingerprint density at radius 3 is 3.00 bits per heavy atom. The lowest BCUT2D eigenvalue weighted by Crippen LogP contribution is -2.40. The van der Waals surface area contributed by atoms with Gasteiger partial charge in [0.25, 0.3) is 5.91 Å². The molecule has 5 heteroatoms. The SMILES string of the molecule is Nc1ccc(C(=O)N2CCCC(CCO)C2)cc1Cl. The zero-order valence-electron chi connectivity index (χ0n) is 10.8. The molecule has 1 atom stereocenters. The highest BCUT2D eigenvalue weighted by Gasteiger charge is 2.24. The molecule has 1 amide bonds. The van der Waals surface area contributed by atoms with E-state index in [9.17, 15) is 4.79 Å². The summed E-state index contributed by atoms with van der Waals surface area (Å²) in [5.74, 6) is 0.386. The zero-order valence-corrected chi connectivity index (χ0v) is 11.6. The van der Waals surface area contributed by atoms with Crippen molar-refractivity contribution in [2.75, 3.05) is 25.4 Å². The van der Waals surface area contributed by atoms with Crippen LogP contribution in [0.2, 0.25) is 5.02 Å². The first-order valence-corrected chi connectivity index (χ1v) is 6.94. The summed E-state index contributed by atoms with van der Waals surface area (Å²) in [6.07, 6.45) is 2.82. The van der Waals surface area contributed by atoms with Crippen LogP contribution in [0.4, 0.5) is 5.69 Å². The third-order valence-electron chi connectivity index (χ3n) is 3.59. The molecule has 104 valence electrons. The number of nitrogens with two attached hydrogens (primary N) is 1. The highest BCUT2D eigenvalue weighted by atomic mass is 35.5. The fourth-order valence-corrected chi connectivity index (χ4v) is 2.69. The van der Waals surface area contributed by atoms with Crippen molar-refractivity contribution in [2.24, 2.45) is 5.92 Å². The molecule has 1 fully saturated rings. The van der Waals surface area contributed by atoms with E-state index in [1.54, 1.807) is 18.2 Å². The average molecular weight is 283 g/mol. The third kappa shape index (κ3) is 3.39. The second-order valence-electron chi connectivity index (χ2n) is 5.01. The molecule has 1 aliphatic heterocycles. The molecule has 1 aliphatic rings. The van der Waals surface area contributed by atoms with E-state index in [0.717, 1.165) is 25.8 Å². The predicted octanol–water partition coefficient (Wildman–Crippen LogP) is 2.16. The smallest absolute Gasteiger partial charge is 0.253 e. The minimum atomic E-state index is -0.00969. The van der Waals surface area contributed by atoms with Crippen molar-refractivity contribution in [1.29, 1.82) is 0 Å². The number of piperidine rings is 1. The molecule has 0 saturated carbocycles. The van der Waals surface area contributed by atoms with Gasteiger partial charge >= 0.3 is 0 Å². The predicted molar refractivity (Wildman–Crippen MR) is 76.2 cm³/mol. The van der Waals surface area contributed by atoms with Gasteiger partial charge in [0.2, 0.25) is 0 Å². The molecule has 3 N–H and O–H groups in total. The van der Waals surface area contributed by atoms with Crippen LogP contribution in [0.5, 0.6) is 0 Å². The van der Waals surface area contributed by atoms with Crippen molar-refractivity contribution in [1.82, 2.24) is 4.90 Å². The van der Waals surface area contributed by atoms with E-state index in [-0.39, 0.29) is 12.5 Å². The summed E-state index contributed by atoms with van der Waals surface area (Å²) < 4.78 is 0. The van der Waals surface area contributed by atoms with Crippen molar-refractivity contribution in [3.8, 4) is 0 Å². The number of amides is 1. The van der Waals surface area contributed by atoms with Crippen molar-refractivity contribution < 1.29 is 9.90 Å². The van der Waals surface area contributed by atoms with Crippen molar-refractivity contribution in [3.05, 3.63) is 28.8 Å². The molecule has 0 aliphatic carbocycles. The number of hydrogen-bond donors (Lipinski definition) is 2. The lowest BCUT2D eigenvalue weighted by Gasteiger charge is -2.32. The van der Waals surface area contributed by atoms with Gasteiger partial charge in [0.15, 0.2) is 0 Å². The van der Waals surface area contributed by atoms with E-state index >= 15 is 0 Å². The zero-order chi connectivity index (χ0) is 13.8. The number of carbonyl (C=O) groups excluding carboxylic acids is 1. The lowest BCUT2D eigenvalue weighted by atomic mass is 9.94. The summed E-state index contributed by atoms with van der Waals surface area (Å²) >= 11 is 5.95. The Morgan fingerprint density at radius 2 is 2.32 bits per heavy atom. The number of rotatable bonds is 3. The summed E-state index contributed by atoms with van der Waals surface area (Å²) in [4.78, 5) is 14.2. The van der Waals surface area contributed by atoms with Crippen LogP contribution in [-0.4, -0.2) is 35.6 Å². The molecule has 0 radical (unpaired) electrons. The van der Waals surface area contributed by atoms with E-state index in [1.807, 2.05) is 4.90 Å². The molecule has 0 spiro atoms. The Labute approximate surface area is 118 Å². The number of carbonyl (C=O) groups is 1. The molecule has 2 rings (SSSR count). The molecule has 0 bridgehead atoms. The molecule has 1 aromatic rings. The minimum absolute atomic E-state index is 0.00969. The number of nitrogens with zero attached hydrogens (tertiary/aromatic N) is 1. The fourth-order valence-electron chi connectivity index (χ4n) is 2.51. The Hall–Kier alpha value is -1.26. The maximum atomic E-state index is 12.4. The van der Waals surface area contributed by atoms with Crippen molar-refractivity contribution in [2.45, 2.75) is 19.3 Å². The fraction of sp³-hybridized carbons (Fsp3) is 0.500. The number of benzene rings is 1. The maximum absolute atomic E-state index is 12.4. The molecule has 1 saturated heterocycles. The Morgan fingerprint density at radius 1 is 1.53 bits per heavy atom. The summed E-state index contributed by atoms with van der Waals surface area (Å²) in [5, 5.41) is 9.40. The summed E-state index contributed by atoms with van der Waals surface area (Å²) in [5.41, 5.74) is 6.70. The number of anilines is 1. The van der Waals surface area contributed by atoms with Crippen molar-refractivity contribution in [3.63, 3.8) is 0 Å². The summed E-state index contributed by atoms with van der Waals surface area (Å²) in [6.45, 7) is 1.66. The van der Waals surface area contributed by atoms with Crippen LogP contribution in [0.1, 0.15) is 29.6 Å². The normalized spacial score (nSPS) is 19.5. The third-order valence-corrected chi connectivity index (χ3v) is 3.92. The Bertz CT molecular complexity index is 463. The van der Waals surface area contributed by atoms with Crippen LogP contribution in [0.25, 0.3) is 0 Å². The molecule has 1 unspecified atom stereocenters. The number of aliphatic hydroxyl groups excluding tert-OH is 1. The number of likely N-dealkylation sites (tertiary alicyclic amines) is 1. The Balaban J connectivity index is 2.08. The molecule has 1 heterocycles. The van der Waals surface area contributed by atoms with Gasteiger partial charge in [0.05, 0.1) is 10.7 Å². The van der Waals surface area contributed by atoms with E-state index in [2.05, 4.69) is 0 Å². The minimum Gasteiger partial charge on any atom is -0.398 e. The van der Waals surface area contributed by atoms with Gasteiger partial charge in [-0.15, -0.1) is 0 Å². The van der Waals surface area contributed by atoms with Gasteiger partial charge in [-0.1, -0.05) is 11.6 Å². The maximum Gasteiger partial charge on any atom is 0.253 e. The van der Waals surface area contributed by atoms with Crippen LogP contribution < -0.4 is 5.73 Å². The quantitative estimate of drug-likeness (QED) is 0.835. The summed E-state index contributed by atoms with van der Waals surface area (Å²) in [6, 6.07) is 4.98. The first-order chi connectivity index (χ1) is 9.11. The summed E-state index contributed by atoms with van der Waals surface area (Å²) in [7, 11) is 0. The number of aliphatic hydroxyl groups is 1. The van der Waals surface area contributed by atoms with E-state index in [4.69, 9.17) is 22.4 Å². The molecule has 0 aromatic heterocycles. The van der Waals surface area contributed by atoms with Crippen LogP contribution in [0.15, 0.2) is 18.2 Å². The van der Waals surface area contributed by atoms with Gasteiger partial charge in [-0.05, 0) is 43.4 Å². The van der Waals surface area contributed by atoms with Crippen LogP contribution in [-0.2, 0) is 0 Å². The second-order valence-corrected chi connectivity index (χ2v) is 5.42. The van der Waals surface area contributed by atoms with Gasteiger partial charge < -0.3 is 15.7 Å². The molecule has 4 nitrogen and oxygen atoms in total. The molecular weight excluding hydrogens is 264 g/mol. The monoisotopic (exact) mass is 282 g/mol. The highest BCUT2D eigenvalue weighted by Crippen LogP contribution is 2.24. The van der Waals surface area contributed by atoms with Crippen LogP contribution in [0.3, 0.4) is 0 Å². The van der Waals surface area contributed by atoms with E-state index in [0.29, 0.717) is 28.7 Å². The topological polar surface area (TPSA) is 66.6 Å². The Kier molecular flexibility index (Phi) is 4.66. The lowest BCUT2D eigenvalue weighted by molar-refractivity contribution is 0.0653. The average Bonchev–Trinajstić information content (AvgIpc) is 2.42. The molecule has 1 aromatic carbocycles. The largest absolute Gasteiger partial charge is 0.398 e. The second kappa shape index (κ2) is 6.26. The highest BCUT2D eigenvalue weighted by molar-refractivity contribution is 6.33. The van der Waals surface area contributed by atoms with Crippen molar-refractivity contribution >= 4 is 23.2 Å². The van der Waals surface area contributed by atoms with Gasteiger partial charge in [0, 0.05) is 25.3 Å². The first kappa shape index (κ1) is 14.2. The standard InChI is InChI=1S/C14H19ClN2O2/c15-12-8-11(3-4-13(12)16)14(19)17-6-1-2-10(9-17)5-7-18/h3-4,8,10,18H,1-2,5-7,9,16H2. The van der Waals surface area contributed by atoms with Crippen LogP contribution >= 0.6 is 11.6 Å². The number of halogens is 1. The van der Waals surface area contributed by atoms with E-state index in [1.165, 1.54) is 0 Å². The molecule has 19 heavy (non-hydrogen) atoms. The first-order valence-electron chi connectivity index (χ1n) is 6.57. The number of nitrogen functional groups attached to an aromatic ring is 1. The van der Waals surface area contributed by atoms with E-state index < -0.39 is 0 Å². The van der Waals surface area contributed by atoms with Gasteiger partial charge in [0.1, 0.15) is 0 Å². The van der Waals surface area contributed by atoms with Gasteiger partial charge in [-0.2, -0.15) is 0 Å². The van der Waals surface area contributed by atoms with Gasteiger partial charge in [-0.3, -0.25) is 4.79 Å². The molecular formula is C14H19ClN2O2. The number of hydrogen-bond acceptors (Lipinski definition) is 3. The van der Waals surface area contributed by atoms with Gasteiger partial charge in [-0.25, -0.2) is 0 Å². The van der Waals surface area contributed by atoms with Crippen LogP contribution in [0, 0.1) is 5.92 Å².